The largest absolute Gasteiger partial charge is 0.366 e. The van der Waals surface area contributed by atoms with Crippen molar-refractivity contribution in [1.29, 1.82) is 0 Å². The molecule has 4 nitrogen and oxygen atoms in total. The van der Waals surface area contributed by atoms with E-state index in [1.54, 1.807) is 0 Å². The molecule has 0 saturated carbocycles. The minimum absolute atomic E-state index is 0.380. The number of nitrogens with one attached hydrogen (secondary N) is 1. The summed E-state index contributed by atoms with van der Waals surface area (Å²) in [6.45, 7) is 11.7. The van der Waals surface area contributed by atoms with Crippen LogP contribution < -0.4 is 10.2 Å². The first kappa shape index (κ1) is 15.2. The quantitative estimate of drug-likeness (QED) is 0.867. The first-order valence-electron chi connectivity index (χ1n) is 8.00. The Morgan fingerprint density at radius 2 is 2.20 bits per heavy atom. The highest BCUT2D eigenvalue weighted by Gasteiger charge is 2.26. The van der Waals surface area contributed by atoms with Crippen molar-refractivity contribution < 1.29 is 0 Å². The van der Waals surface area contributed by atoms with Crippen molar-refractivity contribution in [3.8, 4) is 0 Å². The lowest BCUT2D eigenvalue weighted by Gasteiger charge is -2.27. The topological polar surface area (TPSA) is 41.1 Å². The Hall–Kier alpha value is -1.16. The van der Waals surface area contributed by atoms with Crippen LogP contribution in [-0.4, -0.2) is 29.1 Å². The van der Waals surface area contributed by atoms with Crippen LogP contribution in [0.2, 0.25) is 0 Å². The molecule has 0 radical (unpaired) electrons. The molecule has 0 aromatic carbocycles. The van der Waals surface area contributed by atoms with Gasteiger partial charge in [0, 0.05) is 25.0 Å². The SMILES string of the molecule is CCNCc1nc(C(C)C)ncc1N1CCCC1CC. The van der Waals surface area contributed by atoms with Crippen LogP contribution in [0.1, 0.15) is 64.4 Å². The molecule has 1 aliphatic rings. The maximum atomic E-state index is 4.81. The number of hydrogen-bond donors (Lipinski definition) is 1. The van der Waals surface area contributed by atoms with E-state index >= 15 is 0 Å². The summed E-state index contributed by atoms with van der Waals surface area (Å²) in [4.78, 5) is 11.9. The normalized spacial score (nSPS) is 19.1. The molecule has 112 valence electrons. The van der Waals surface area contributed by atoms with Crippen LogP contribution >= 0.6 is 0 Å². The van der Waals surface area contributed by atoms with Crippen molar-refractivity contribution in [2.75, 3.05) is 18.0 Å². The minimum atomic E-state index is 0.380. The zero-order valence-corrected chi connectivity index (χ0v) is 13.3. The maximum absolute atomic E-state index is 4.81. The van der Waals surface area contributed by atoms with Crippen LogP contribution in [0.3, 0.4) is 0 Å². The molecule has 0 bridgehead atoms. The summed E-state index contributed by atoms with van der Waals surface area (Å²) in [5, 5.41) is 3.41. The molecule has 1 aromatic rings. The van der Waals surface area contributed by atoms with E-state index in [1.807, 2.05) is 6.20 Å². The third-order valence-electron chi connectivity index (χ3n) is 4.08. The van der Waals surface area contributed by atoms with E-state index in [2.05, 4.69) is 42.9 Å². The van der Waals surface area contributed by atoms with Crippen LogP contribution in [0.5, 0.6) is 0 Å². The monoisotopic (exact) mass is 276 g/mol. The van der Waals surface area contributed by atoms with Crippen molar-refractivity contribution in [2.45, 2.75) is 65.5 Å². The molecule has 1 N–H and O–H groups in total. The Kier molecular flexibility index (Phi) is 5.35. The van der Waals surface area contributed by atoms with Crippen LogP contribution in [-0.2, 0) is 6.54 Å². The third kappa shape index (κ3) is 3.29. The number of aromatic nitrogens is 2. The first-order valence-corrected chi connectivity index (χ1v) is 8.00. The molecule has 2 heterocycles. The Labute approximate surface area is 123 Å². The standard InChI is InChI=1S/C16H28N4/c1-5-13-8-7-9-20(13)15-11-18-16(12(3)4)19-14(15)10-17-6-2/h11-13,17H,5-10H2,1-4H3. The van der Waals surface area contributed by atoms with Gasteiger partial charge in [-0.25, -0.2) is 9.97 Å². The predicted molar refractivity (Wildman–Crippen MR) is 84.2 cm³/mol. The van der Waals surface area contributed by atoms with Crippen molar-refractivity contribution in [1.82, 2.24) is 15.3 Å². The molecular formula is C16H28N4. The summed E-state index contributed by atoms with van der Waals surface area (Å²) >= 11 is 0. The molecule has 1 aromatic heterocycles. The second-order valence-electron chi connectivity index (χ2n) is 5.89. The molecule has 1 aliphatic heterocycles. The highest BCUT2D eigenvalue weighted by atomic mass is 15.2. The van der Waals surface area contributed by atoms with E-state index < -0.39 is 0 Å². The van der Waals surface area contributed by atoms with E-state index in [-0.39, 0.29) is 0 Å². The van der Waals surface area contributed by atoms with Crippen molar-refractivity contribution >= 4 is 5.69 Å². The summed E-state index contributed by atoms with van der Waals surface area (Å²) in [5.74, 6) is 1.33. The van der Waals surface area contributed by atoms with Crippen molar-refractivity contribution in [2.24, 2.45) is 0 Å². The molecule has 0 spiro atoms. The van der Waals surface area contributed by atoms with Gasteiger partial charge in [-0.05, 0) is 25.8 Å². The van der Waals surface area contributed by atoms with Crippen molar-refractivity contribution in [3.63, 3.8) is 0 Å². The van der Waals surface area contributed by atoms with Crippen LogP contribution in [0.25, 0.3) is 0 Å². The molecule has 20 heavy (non-hydrogen) atoms. The number of nitrogens with zero attached hydrogens (tertiary/aromatic N) is 3. The first-order chi connectivity index (χ1) is 9.67. The zero-order valence-electron chi connectivity index (χ0n) is 13.3. The van der Waals surface area contributed by atoms with Gasteiger partial charge in [0.2, 0.25) is 0 Å². The summed E-state index contributed by atoms with van der Waals surface area (Å²) < 4.78 is 0. The van der Waals surface area contributed by atoms with Gasteiger partial charge in [-0.3, -0.25) is 0 Å². The van der Waals surface area contributed by atoms with Gasteiger partial charge >= 0.3 is 0 Å². The molecule has 0 aliphatic carbocycles. The van der Waals surface area contributed by atoms with Crippen LogP contribution in [0, 0.1) is 0 Å². The van der Waals surface area contributed by atoms with E-state index in [9.17, 15) is 0 Å². The maximum Gasteiger partial charge on any atom is 0.131 e. The average Bonchev–Trinajstić information content (AvgIpc) is 2.92. The van der Waals surface area contributed by atoms with Crippen LogP contribution in [0.4, 0.5) is 5.69 Å². The molecule has 1 fully saturated rings. The smallest absolute Gasteiger partial charge is 0.131 e. The minimum Gasteiger partial charge on any atom is -0.366 e. The summed E-state index contributed by atoms with van der Waals surface area (Å²) in [7, 11) is 0. The fourth-order valence-corrected chi connectivity index (χ4v) is 2.90. The lowest BCUT2D eigenvalue weighted by molar-refractivity contribution is 0.630. The third-order valence-corrected chi connectivity index (χ3v) is 4.08. The van der Waals surface area contributed by atoms with Crippen molar-refractivity contribution in [3.05, 3.63) is 17.7 Å². The van der Waals surface area contributed by atoms with Gasteiger partial charge in [-0.2, -0.15) is 0 Å². The van der Waals surface area contributed by atoms with Gasteiger partial charge in [0.25, 0.3) is 0 Å². The van der Waals surface area contributed by atoms with Crippen LogP contribution in [0.15, 0.2) is 6.20 Å². The molecule has 2 rings (SSSR count). The van der Waals surface area contributed by atoms with Gasteiger partial charge in [0.05, 0.1) is 17.6 Å². The van der Waals surface area contributed by atoms with Gasteiger partial charge < -0.3 is 10.2 Å². The Morgan fingerprint density at radius 3 is 2.85 bits per heavy atom. The lowest BCUT2D eigenvalue weighted by atomic mass is 10.1. The Bertz CT molecular complexity index is 430. The number of rotatable bonds is 6. The molecule has 4 heteroatoms. The van der Waals surface area contributed by atoms with E-state index in [1.165, 1.54) is 24.9 Å². The highest BCUT2D eigenvalue weighted by Crippen LogP contribution is 2.29. The van der Waals surface area contributed by atoms with Gasteiger partial charge in [0.1, 0.15) is 5.82 Å². The predicted octanol–water partition coefficient (Wildman–Crippen LogP) is 3.09. The zero-order chi connectivity index (χ0) is 14.5. The van der Waals surface area contributed by atoms with Gasteiger partial charge in [0.15, 0.2) is 0 Å². The molecule has 1 unspecified atom stereocenters. The van der Waals surface area contributed by atoms with Gasteiger partial charge in [-0.1, -0.05) is 27.7 Å². The summed E-state index contributed by atoms with van der Waals surface area (Å²) in [5.41, 5.74) is 2.39. The van der Waals surface area contributed by atoms with E-state index in [4.69, 9.17) is 4.98 Å². The highest BCUT2D eigenvalue weighted by molar-refractivity contribution is 5.51. The summed E-state index contributed by atoms with van der Waals surface area (Å²) in [6, 6.07) is 0.656. The van der Waals surface area contributed by atoms with Gasteiger partial charge in [-0.15, -0.1) is 0 Å². The van der Waals surface area contributed by atoms with E-state index in [0.29, 0.717) is 12.0 Å². The fraction of sp³-hybridized carbons (Fsp3) is 0.750. The fourth-order valence-electron chi connectivity index (χ4n) is 2.90. The number of anilines is 1. The Morgan fingerprint density at radius 1 is 1.40 bits per heavy atom. The van der Waals surface area contributed by atoms with E-state index in [0.717, 1.165) is 31.2 Å². The second kappa shape index (κ2) is 7.02. The molecule has 0 amide bonds. The summed E-state index contributed by atoms with van der Waals surface area (Å²) in [6.07, 6.45) is 5.82. The Balaban J connectivity index is 2.30. The molecule has 1 saturated heterocycles. The molecular weight excluding hydrogens is 248 g/mol. The second-order valence-corrected chi connectivity index (χ2v) is 5.89. The lowest BCUT2D eigenvalue weighted by Crippen LogP contribution is -2.31. The molecule has 1 atom stereocenters. The average molecular weight is 276 g/mol. The number of hydrogen-bond acceptors (Lipinski definition) is 4.